The number of imidazole rings is 1. The summed E-state index contributed by atoms with van der Waals surface area (Å²) in [5.41, 5.74) is 9.19. The number of oxime groups is 1. The Balaban J connectivity index is 2.08. The number of H-pyrrole nitrogens is 1. The summed E-state index contributed by atoms with van der Waals surface area (Å²) in [6.45, 7) is 4.01. The second-order valence-electron chi connectivity index (χ2n) is 4.73. The van der Waals surface area contributed by atoms with Crippen molar-refractivity contribution in [3.05, 3.63) is 30.1 Å². The molecule has 20 heavy (non-hydrogen) atoms. The monoisotopic (exact) mass is 269 g/mol. The number of nitrogens with two attached hydrogens (primary N) is 1. The van der Waals surface area contributed by atoms with Crippen molar-refractivity contribution in [1.82, 2.24) is 15.0 Å². The van der Waals surface area contributed by atoms with Crippen LogP contribution in [0, 0.1) is 0 Å². The molecule has 0 bridgehead atoms. The number of para-hydroxylation sites is 1. The molecule has 0 radical (unpaired) electrons. The van der Waals surface area contributed by atoms with E-state index in [1.54, 1.807) is 0 Å². The molecule has 3 N–H and O–H groups in total. The minimum Gasteiger partial charge on any atom is -0.388 e. The molecule has 3 aromatic rings. The van der Waals surface area contributed by atoms with E-state index >= 15 is 0 Å². The van der Waals surface area contributed by atoms with Gasteiger partial charge in [0.05, 0.1) is 11.2 Å². The van der Waals surface area contributed by atoms with Crippen molar-refractivity contribution in [2.45, 2.75) is 20.5 Å². The zero-order chi connectivity index (χ0) is 14.1. The largest absolute Gasteiger partial charge is 0.388 e. The van der Waals surface area contributed by atoms with Gasteiger partial charge in [-0.2, -0.15) is 0 Å². The van der Waals surface area contributed by atoms with Gasteiger partial charge in [-0.3, -0.25) is 0 Å². The van der Waals surface area contributed by atoms with Gasteiger partial charge >= 0.3 is 0 Å². The zero-order valence-electron chi connectivity index (χ0n) is 11.3. The number of anilines is 1. The number of nitrogens with zero attached hydrogens (tertiary/aromatic N) is 3. The van der Waals surface area contributed by atoms with Crippen LogP contribution in [0.1, 0.15) is 19.7 Å². The molecule has 6 heteroatoms. The molecule has 0 aliphatic rings. The Bertz CT molecular complexity index is 802. The molecule has 6 nitrogen and oxygen atoms in total. The van der Waals surface area contributed by atoms with Crippen LogP contribution in [0.4, 0.5) is 5.82 Å². The molecule has 0 saturated heterocycles. The van der Waals surface area contributed by atoms with Crippen molar-refractivity contribution in [2.24, 2.45) is 5.16 Å². The number of rotatable bonds is 3. The molecule has 1 aromatic carbocycles. The molecule has 0 aliphatic carbocycles. The molecule has 2 heterocycles. The van der Waals surface area contributed by atoms with Crippen LogP contribution in [0.5, 0.6) is 0 Å². The second kappa shape index (κ2) is 4.80. The minimum absolute atomic E-state index is 0.271. The highest BCUT2D eigenvalue weighted by molar-refractivity contribution is 6.05. The third-order valence-electron chi connectivity index (χ3n) is 2.86. The maximum absolute atomic E-state index is 5.96. The van der Waals surface area contributed by atoms with Crippen LogP contribution >= 0.6 is 0 Å². The number of pyridine rings is 1. The molecular weight excluding hydrogens is 254 g/mol. The lowest BCUT2D eigenvalue weighted by Gasteiger charge is -1.99. The van der Waals surface area contributed by atoms with Gasteiger partial charge in [0.25, 0.3) is 0 Å². The SMILES string of the molecule is CC(C)=NOCc1nc2c([nH]1)c(N)nc1ccccc12. The van der Waals surface area contributed by atoms with Gasteiger partial charge < -0.3 is 15.6 Å². The summed E-state index contributed by atoms with van der Waals surface area (Å²) in [5, 5.41) is 4.85. The predicted octanol–water partition coefficient (Wildman–Crippen LogP) is 2.61. The molecule has 3 rings (SSSR count). The maximum atomic E-state index is 5.96. The molecular formula is C14H15N5O. The second-order valence-corrected chi connectivity index (χ2v) is 4.73. The van der Waals surface area contributed by atoms with Crippen LogP contribution in [0.2, 0.25) is 0 Å². The van der Waals surface area contributed by atoms with E-state index in [4.69, 9.17) is 10.6 Å². The normalized spacial score (nSPS) is 10.9. The van der Waals surface area contributed by atoms with Crippen molar-refractivity contribution in [1.29, 1.82) is 0 Å². The number of aromatic nitrogens is 3. The number of aromatic amines is 1. The molecule has 0 atom stereocenters. The summed E-state index contributed by atoms with van der Waals surface area (Å²) in [5.74, 6) is 1.11. The molecule has 0 amide bonds. The molecule has 0 unspecified atom stereocenters. The van der Waals surface area contributed by atoms with Crippen LogP contribution in [0.15, 0.2) is 29.4 Å². The highest BCUT2D eigenvalue weighted by Crippen LogP contribution is 2.25. The van der Waals surface area contributed by atoms with Gasteiger partial charge in [-0.05, 0) is 19.9 Å². The summed E-state index contributed by atoms with van der Waals surface area (Å²) in [6, 6.07) is 7.77. The van der Waals surface area contributed by atoms with E-state index in [9.17, 15) is 0 Å². The number of fused-ring (bicyclic) bond motifs is 3. The fraction of sp³-hybridized carbons (Fsp3) is 0.214. The topological polar surface area (TPSA) is 89.2 Å². The summed E-state index contributed by atoms with van der Waals surface area (Å²) in [6.07, 6.45) is 0. The van der Waals surface area contributed by atoms with E-state index in [0.29, 0.717) is 11.6 Å². The van der Waals surface area contributed by atoms with Gasteiger partial charge in [0.1, 0.15) is 22.7 Å². The van der Waals surface area contributed by atoms with Crippen LogP contribution in [0.25, 0.3) is 21.9 Å². The maximum Gasteiger partial charge on any atom is 0.174 e. The molecule has 0 spiro atoms. The Morgan fingerprint density at radius 3 is 2.90 bits per heavy atom. The quantitative estimate of drug-likeness (QED) is 0.565. The Morgan fingerprint density at radius 2 is 2.10 bits per heavy atom. The number of hydrogen-bond acceptors (Lipinski definition) is 5. The molecule has 0 aliphatic heterocycles. The van der Waals surface area contributed by atoms with E-state index in [-0.39, 0.29) is 6.61 Å². The summed E-state index contributed by atoms with van der Waals surface area (Å²) in [4.78, 5) is 17.2. The minimum atomic E-state index is 0.271. The number of benzene rings is 1. The van der Waals surface area contributed by atoms with E-state index in [1.165, 1.54) is 0 Å². The van der Waals surface area contributed by atoms with Gasteiger partial charge in [-0.1, -0.05) is 23.4 Å². The van der Waals surface area contributed by atoms with Crippen molar-refractivity contribution in [2.75, 3.05) is 5.73 Å². The van der Waals surface area contributed by atoms with Crippen LogP contribution in [0.3, 0.4) is 0 Å². The zero-order valence-corrected chi connectivity index (χ0v) is 11.3. The Hall–Kier alpha value is -2.63. The molecule has 102 valence electrons. The third kappa shape index (κ3) is 2.16. The van der Waals surface area contributed by atoms with Crippen molar-refractivity contribution in [3.63, 3.8) is 0 Å². The first kappa shape index (κ1) is 12.4. The van der Waals surface area contributed by atoms with Crippen molar-refractivity contribution in [3.8, 4) is 0 Å². The van der Waals surface area contributed by atoms with E-state index in [0.717, 1.165) is 27.6 Å². The lowest BCUT2D eigenvalue weighted by atomic mass is 10.2. The van der Waals surface area contributed by atoms with Gasteiger partial charge in [0.15, 0.2) is 6.61 Å². The van der Waals surface area contributed by atoms with Gasteiger partial charge in [-0.25, -0.2) is 9.97 Å². The van der Waals surface area contributed by atoms with Gasteiger partial charge in [-0.15, -0.1) is 0 Å². The third-order valence-corrected chi connectivity index (χ3v) is 2.86. The van der Waals surface area contributed by atoms with Crippen LogP contribution < -0.4 is 5.73 Å². The molecule has 2 aromatic heterocycles. The highest BCUT2D eigenvalue weighted by atomic mass is 16.6. The van der Waals surface area contributed by atoms with E-state index in [1.807, 2.05) is 38.1 Å². The summed E-state index contributed by atoms with van der Waals surface area (Å²) >= 11 is 0. The van der Waals surface area contributed by atoms with E-state index < -0.39 is 0 Å². The van der Waals surface area contributed by atoms with E-state index in [2.05, 4.69) is 20.1 Å². The fourth-order valence-electron chi connectivity index (χ4n) is 2.05. The number of nitrogens with one attached hydrogen (secondary N) is 1. The predicted molar refractivity (Wildman–Crippen MR) is 79.4 cm³/mol. The Labute approximate surface area is 115 Å². The molecule has 0 saturated carbocycles. The van der Waals surface area contributed by atoms with Gasteiger partial charge in [0, 0.05) is 5.39 Å². The lowest BCUT2D eigenvalue weighted by molar-refractivity contribution is 0.125. The van der Waals surface area contributed by atoms with Gasteiger partial charge in [0.2, 0.25) is 0 Å². The van der Waals surface area contributed by atoms with Crippen molar-refractivity contribution >= 4 is 33.5 Å². The summed E-state index contributed by atoms with van der Waals surface area (Å²) < 4.78 is 0. The van der Waals surface area contributed by atoms with Crippen molar-refractivity contribution < 1.29 is 4.84 Å². The first-order valence-corrected chi connectivity index (χ1v) is 6.31. The summed E-state index contributed by atoms with van der Waals surface area (Å²) in [7, 11) is 0. The Kier molecular flexibility index (Phi) is 2.98. The first-order chi connectivity index (χ1) is 9.65. The highest BCUT2D eigenvalue weighted by Gasteiger charge is 2.11. The van der Waals surface area contributed by atoms with Crippen LogP contribution in [-0.2, 0) is 11.4 Å². The molecule has 0 fully saturated rings. The first-order valence-electron chi connectivity index (χ1n) is 6.31. The number of hydrogen-bond donors (Lipinski definition) is 2. The standard InChI is InChI=1S/C14H15N5O/c1-8(2)19-20-7-11-17-12-9-5-3-4-6-10(9)16-14(15)13(12)18-11/h3-6H,7H2,1-2H3,(H2,15,16)(H,17,18). The Morgan fingerprint density at radius 1 is 1.30 bits per heavy atom. The average molecular weight is 269 g/mol. The fourth-order valence-corrected chi connectivity index (χ4v) is 2.05. The lowest BCUT2D eigenvalue weighted by Crippen LogP contribution is -1.93. The van der Waals surface area contributed by atoms with Crippen LogP contribution in [-0.4, -0.2) is 20.7 Å². The average Bonchev–Trinajstić information content (AvgIpc) is 2.83. The number of nitrogen functional groups attached to an aromatic ring is 1. The smallest absolute Gasteiger partial charge is 0.174 e.